The summed E-state index contributed by atoms with van der Waals surface area (Å²) in [6, 6.07) is 5.25. The molecule has 1 aromatic carbocycles. The monoisotopic (exact) mass is 235 g/mol. The zero-order chi connectivity index (χ0) is 9.84. The van der Waals surface area contributed by atoms with Crippen LogP contribution in [0.5, 0.6) is 0 Å². The Morgan fingerprint density at radius 1 is 1.46 bits per heavy atom. The van der Waals surface area contributed by atoms with Gasteiger partial charge in [0.15, 0.2) is 0 Å². The lowest BCUT2D eigenvalue weighted by atomic mass is 10.2. The quantitative estimate of drug-likeness (QED) is 0.759. The van der Waals surface area contributed by atoms with Crippen LogP contribution >= 0.6 is 35.8 Å². The lowest BCUT2D eigenvalue weighted by molar-refractivity contribution is 0.260. The van der Waals surface area contributed by atoms with Crippen LogP contribution in [0.15, 0.2) is 18.2 Å². The summed E-state index contributed by atoms with van der Waals surface area (Å²) >= 11 is 15.2. The Hall–Kier alpha value is -0.380. The molecule has 0 unspecified atom stereocenters. The molecule has 0 fully saturated rings. The minimum absolute atomic E-state index is 0.335. The van der Waals surface area contributed by atoms with Gasteiger partial charge in [0.05, 0.1) is 10.0 Å². The van der Waals surface area contributed by atoms with Crippen LogP contribution in [0.1, 0.15) is 5.56 Å². The van der Waals surface area contributed by atoms with E-state index in [1.807, 2.05) is 0 Å². The number of halogens is 2. The summed E-state index contributed by atoms with van der Waals surface area (Å²) in [6.45, 7) is 0.335. The van der Waals surface area contributed by atoms with Gasteiger partial charge in [-0.1, -0.05) is 48.0 Å². The van der Waals surface area contributed by atoms with E-state index in [0.717, 1.165) is 5.56 Å². The van der Waals surface area contributed by atoms with Crippen LogP contribution in [0.2, 0.25) is 10.0 Å². The average molecular weight is 236 g/mol. The predicted octanol–water partition coefficient (Wildman–Crippen LogP) is 3.13. The number of nitrogens with one attached hydrogen (secondary N) is 1. The molecule has 0 aromatic heterocycles. The molecule has 0 atom stereocenters. The second kappa shape index (κ2) is 4.74. The van der Waals surface area contributed by atoms with Crippen molar-refractivity contribution < 1.29 is 4.79 Å². The highest BCUT2D eigenvalue weighted by Gasteiger charge is 2.03. The van der Waals surface area contributed by atoms with Crippen molar-refractivity contribution in [3.8, 4) is 0 Å². The van der Waals surface area contributed by atoms with Gasteiger partial charge in [0, 0.05) is 6.54 Å². The van der Waals surface area contributed by atoms with Gasteiger partial charge in [0.1, 0.15) is 0 Å². The number of hydrogen-bond donors (Lipinski definition) is 2. The van der Waals surface area contributed by atoms with Crippen molar-refractivity contribution in [1.29, 1.82) is 0 Å². The molecule has 0 aliphatic rings. The van der Waals surface area contributed by atoms with E-state index in [-0.39, 0.29) is 0 Å². The molecule has 0 heterocycles. The molecule has 1 rings (SSSR count). The average Bonchev–Trinajstić information content (AvgIpc) is 2.07. The first-order chi connectivity index (χ1) is 6.11. The summed E-state index contributed by atoms with van der Waals surface area (Å²) in [5, 5.41) is 3.06. The highest BCUT2D eigenvalue weighted by molar-refractivity contribution is 7.96. The molecule has 0 aliphatic heterocycles. The van der Waals surface area contributed by atoms with E-state index in [1.165, 1.54) is 0 Å². The van der Waals surface area contributed by atoms with Crippen LogP contribution in [0.4, 0.5) is 4.79 Å². The van der Waals surface area contributed by atoms with Gasteiger partial charge in [-0.3, -0.25) is 4.79 Å². The van der Waals surface area contributed by atoms with Crippen molar-refractivity contribution in [2.24, 2.45) is 0 Å². The van der Waals surface area contributed by atoms with Crippen molar-refractivity contribution in [3.05, 3.63) is 33.8 Å². The third kappa shape index (κ3) is 3.10. The Balaban J connectivity index is 2.77. The van der Waals surface area contributed by atoms with Crippen molar-refractivity contribution in [1.82, 2.24) is 5.32 Å². The number of hydrogen-bond acceptors (Lipinski definition) is 1. The van der Waals surface area contributed by atoms with Crippen LogP contribution in [0.25, 0.3) is 0 Å². The Morgan fingerprint density at radius 2 is 2.15 bits per heavy atom. The molecule has 0 saturated heterocycles. The SMILES string of the molecule is O=C(S)NCc1cccc(Cl)c1Cl. The third-order valence-corrected chi connectivity index (χ3v) is 2.48. The van der Waals surface area contributed by atoms with Crippen LogP contribution in [-0.2, 0) is 6.54 Å². The molecule has 5 heteroatoms. The van der Waals surface area contributed by atoms with E-state index >= 15 is 0 Å². The first-order valence-corrected chi connectivity index (χ1v) is 4.71. The van der Waals surface area contributed by atoms with Gasteiger partial charge in [0.2, 0.25) is 0 Å². The number of thiol groups is 1. The summed E-state index contributed by atoms with van der Waals surface area (Å²) in [7, 11) is 0. The van der Waals surface area contributed by atoms with E-state index in [0.29, 0.717) is 16.6 Å². The lowest BCUT2D eigenvalue weighted by Gasteiger charge is -2.05. The van der Waals surface area contributed by atoms with Gasteiger partial charge in [-0.25, -0.2) is 0 Å². The summed E-state index contributed by atoms with van der Waals surface area (Å²) in [5.74, 6) is 0. The number of carbonyl (C=O) groups is 1. The Labute approximate surface area is 91.6 Å². The fourth-order valence-electron chi connectivity index (χ4n) is 0.856. The maximum atomic E-state index is 10.5. The van der Waals surface area contributed by atoms with E-state index in [4.69, 9.17) is 23.2 Å². The second-order valence-corrected chi connectivity index (χ2v) is 3.56. The zero-order valence-electron chi connectivity index (χ0n) is 6.55. The van der Waals surface area contributed by atoms with Crippen molar-refractivity contribution in [3.63, 3.8) is 0 Å². The van der Waals surface area contributed by atoms with Crippen molar-refractivity contribution in [2.45, 2.75) is 6.54 Å². The molecule has 1 N–H and O–H groups in total. The largest absolute Gasteiger partial charge is 0.343 e. The molecule has 70 valence electrons. The zero-order valence-corrected chi connectivity index (χ0v) is 8.96. The van der Waals surface area contributed by atoms with Gasteiger partial charge in [-0.2, -0.15) is 0 Å². The van der Waals surface area contributed by atoms with Crippen LogP contribution in [-0.4, -0.2) is 5.24 Å². The number of carbonyl (C=O) groups excluding carboxylic acids is 1. The molecule has 1 amide bonds. The van der Waals surface area contributed by atoms with Crippen LogP contribution in [0, 0.1) is 0 Å². The maximum absolute atomic E-state index is 10.5. The molecule has 0 radical (unpaired) electrons. The number of amides is 1. The number of rotatable bonds is 2. The smallest absolute Gasteiger partial charge is 0.276 e. The Morgan fingerprint density at radius 3 is 2.77 bits per heavy atom. The lowest BCUT2D eigenvalue weighted by Crippen LogP contribution is -2.15. The van der Waals surface area contributed by atoms with E-state index in [9.17, 15) is 4.79 Å². The van der Waals surface area contributed by atoms with Crippen molar-refractivity contribution in [2.75, 3.05) is 0 Å². The molecular weight excluding hydrogens is 229 g/mol. The van der Waals surface area contributed by atoms with Crippen molar-refractivity contribution >= 4 is 41.1 Å². The topological polar surface area (TPSA) is 29.1 Å². The molecule has 0 saturated carbocycles. The minimum Gasteiger partial charge on any atom is -0.343 e. The van der Waals surface area contributed by atoms with Gasteiger partial charge in [0.25, 0.3) is 5.24 Å². The highest BCUT2D eigenvalue weighted by atomic mass is 35.5. The van der Waals surface area contributed by atoms with Gasteiger partial charge in [-0.15, -0.1) is 0 Å². The summed E-state index contributed by atoms with van der Waals surface area (Å²) in [5.41, 5.74) is 0.775. The maximum Gasteiger partial charge on any atom is 0.276 e. The van der Waals surface area contributed by atoms with Crippen LogP contribution < -0.4 is 5.32 Å². The standard InChI is InChI=1S/C8H7Cl2NOS/c9-6-3-1-2-5(7(6)10)4-11-8(12)13/h1-3H,4H2,(H2,11,12,13). The van der Waals surface area contributed by atoms with E-state index < -0.39 is 5.24 Å². The van der Waals surface area contributed by atoms with E-state index in [1.54, 1.807) is 18.2 Å². The Bertz CT molecular complexity index is 330. The molecule has 0 spiro atoms. The number of benzene rings is 1. The first kappa shape index (κ1) is 10.7. The predicted molar refractivity (Wildman–Crippen MR) is 57.7 cm³/mol. The van der Waals surface area contributed by atoms with Gasteiger partial charge in [-0.05, 0) is 11.6 Å². The normalized spacial score (nSPS) is 9.77. The van der Waals surface area contributed by atoms with Gasteiger partial charge < -0.3 is 5.32 Å². The molecule has 1 aromatic rings. The van der Waals surface area contributed by atoms with Crippen LogP contribution in [0.3, 0.4) is 0 Å². The summed E-state index contributed by atoms with van der Waals surface area (Å²) in [6.07, 6.45) is 0. The minimum atomic E-state index is -0.393. The summed E-state index contributed by atoms with van der Waals surface area (Å²) < 4.78 is 0. The highest BCUT2D eigenvalue weighted by Crippen LogP contribution is 2.25. The fourth-order valence-corrected chi connectivity index (χ4v) is 1.32. The fraction of sp³-hybridized carbons (Fsp3) is 0.125. The molecular formula is C8H7Cl2NOS. The second-order valence-electron chi connectivity index (χ2n) is 2.37. The van der Waals surface area contributed by atoms with E-state index in [2.05, 4.69) is 17.9 Å². The molecule has 2 nitrogen and oxygen atoms in total. The van der Waals surface area contributed by atoms with Gasteiger partial charge >= 0.3 is 0 Å². The summed E-state index contributed by atoms with van der Waals surface area (Å²) in [4.78, 5) is 10.5. The third-order valence-electron chi connectivity index (χ3n) is 1.46. The Kier molecular flexibility index (Phi) is 3.90. The first-order valence-electron chi connectivity index (χ1n) is 3.51. The molecule has 0 bridgehead atoms. The molecule has 0 aliphatic carbocycles. The molecule has 13 heavy (non-hydrogen) atoms.